The largest absolute Gasteiger partial charge is 0.325 e. The summed E-state index contributed by atoms with van der Waals surface area (Å²) in [5, 5.41) is 3.98. The van der Waals surface area contributed by atoms with Gasteiger partial charge in [0.05, 0.1) is 11.4 Å². The van der Waals surface area contributed by atoms with Gasteiger partial charge in [-0.05, 0) is 19.3 Å². The highest BCUT2D eigenvalue weighted by Gasteiger charge is 2.23. The average Bonchev–Trinajstić information content (AvgIpc) is 2.44. The van der Waals surface area contributed by atoms with Gasteiger partial charge in [0.25, 0.3) is 0 Å². The lowest BCUT2D eigenvalue weighted by atomic mass is 10.1. The van der Waals surface area contributed by atoms with E-state index < -0.39 is 0 Å². The van der Waals surface area contributed by atoms with Crippen LogP contribution < -0.4 is 11.2 Å². The van der Waals surface area contributed by atoms with Gasteiger partial charge < -0.3 is 5.73 Å². The van der Waals surface area contributed by atoms with E-state index in [0.717, 1.165) is 18.6 Å². The minimum absolute atomic E-state index is 0.544. The Balaban J connectivity index is 2.25. The molecule has 0 bridgehead atoms. The van der Waals surface area contributed by atoms with Gasteiger partial charge in [0, 0.05) is 12.1 Å². The molecule has 0 saturated heterocycles. The normalized spacial score (nSPS) is 22.7. The molecule has 2 aliphatic rings. The molecule has 53 valence electrons. The molecule has 3 nitrogen and oxygen atoms in total. The summed E-state index contributed by atoms with van der Waals surface area (Å²) in [6, 6.07) is 0. The van der Waals surface area contributed by atoms with E-state index >= 15 is 0 Å². The van der Waals surface area contributed by atoms with E-state index in [1.54, 1.807) is 0 Å². The minimum atomic E-state index is 0.544. The fourth-order valence-electron chi connectivity index (χ4n) is 1.49. The molecule has 1 radical (unpaired) electrons. The molecule has 10 heavy (non-hydrogen) atoms. The summed E-state index contributed by atoms with van der Waals surface area (Å²) in [4.78, 5) is 0. The molecule has 0 aromatic rings. The molecule has 0 aromatic carbocycles. The topological polar surface area (TPSA) is 52.5 Å². The van der Waals surface area contributed by atoms with Gasteiger partial charge in [-0.1, -0.05) is 0 Å². The number of hydrogen-bond acceptors (Lipinski definition) is 2. The summed E-state index contributed by atoms with van der Waals surface area (Å²) in [6.45, 7) is 0.544. The standard InChI is InChI=1S/C7H10N3/c8-4-7-5-2-1-3-6(5)9-10-7/h1-4,8H2. The molecule has 2 N–H and O–H groups in total. The van der Waals surface area contributed by atoms with Gasteiger partial charge in [0.2, 0.25) is 0 Å². The summed E-state index contributed by atoms with van der Waals surface area (Å²) in [5.74, 6) is 0. The van der Waals surface area contributed by atoms with E-state index in [4.69, 9.17) is 5.73 Å². The van der Waals surface area contributed by atoms with Gasteiger partial charge in [-0.15, -0.1) is 0 Å². The van der Waals surface area contributed by atoms with Crippen molar-refractivity contribution in [1.82, 2.24) is 5.43 Å². The summed E-state index contributed by atoms with van der Waals surface area (Å²) >= 11 is 0. The molecular formula is C7H10N3. The van der Waals surface area contributed by atoms with Crippen LogP contribution in [0.5, 0.6) is 0 Å². The van der Waals surface area contributed by atoms with Gasteiger partial charge in [-0.2, -0.15) is 10.5 Å². The van der Waals surface area contributed by atoms with E-state index in [2.05, 4.69) is 10.5 Å². The average molecular weight is 136 g/mol. The molecule has 0 saturated carbocycles. The fourth-order valence-corrected chi connectivity index (χ4v) is 1.49. The third-order valence-corrected chi connectivity index (χ3v) is 2.02. The quantitative estimate of drug-likeness (QED) is 0.556. The second-order valence-electron chi connectivity index (χ2n) is 2.63. The highest BCUT2D eigenvalue weighted by atomic mass is 15.3. The predicted molar refractivity (Wildman–Crippen MR) is 39.5 cm³/mol. The van der Waals surface area contributed by atoms with E-state index in [1.165, 1.54) is 17.7 Å². The SMILES string of the molecule is NCC1=N[N]C2=C1CCC2. The van der Waals surface area contributed by atoms with Gasteiger partial charge in [-0.3, -0.25) is 0 Å². The number of allylic oxidation sites excluding steroid dienone is 1. The van der Waals surface area contributed by atoms with Crippen LogP contribution >= 0.6 is 0 Å². The molecule has 3 heteroatoms. The van der Waals surface area contributed by atoms with Crippen molar-refractivity contribution in [2.24, 2.45) is 10.8 Å². The number of nitrogens with zero attached hydrogens (tertiary/aromatic N) is 2. The Kier molecular flexibility index (Phi) is 1.24. The molecule has 1 aliphatic carbocycles. The van der Waals surface area contributed by atoms with Crippen molar-refractivity contribution in [3.8, 4) is 0 Å². The number of hydrogen-bond donors (Lipinski definition) is 1. The van der Waals surface area contributed by atoms with Crippen LogP contribution in [-0.4, -0.2) is 12.3 Å². The molecule has 0 amide bonds. The lowest BCUT2D eigenvalue weighted by molar-refractivity contribution is 0.793. The predicted octanol–water partition coefficient (Wildman–Crippen LogP) is 0.357. The Morgan fingerprint density at radius 2 is 2.30 bits per heavy atom. The van der Waals surface area contributed by atoms with Crippen LogP contribution in [0.1, 0.15) is 19.3 Å². The Morgan fingerprint density at radius 3 is 3.10 bits per heavy atom. The zero-order valence-corrected chi connectivity index (χ0v) is 5.80. The summed E-state index contributed by atoms with van der Waals surface area (Å²) in [6.07, 6.45) is 3.46. The van der Waals surface area contributed by atoms with Gasteiger partial charge in [-0.25, -0.2) is 0 Å². The van der Waals surface area contributed by atoms with E-state index in [-0.39, 0.29) is 0 Å². The lowest BCUT2D eigenvalue weighted by Gasteiger charge is -1.95. The van der Waals surface area contributed by atoms with E-state index in [1.807, 2.05) is 0 Å². The van der Waals surface area contributed by atoms with Gasteiger partial charge in [0.15, 0.2) is 0 Å². The molecule has 0 unspecified atom stereocenters. The Bertz CT molecular complexity index is 215. The third-order valence-electron chi connectivity index (χ3n) is 2.02. The van der Waals surface area contributed by atoms with E-state index in [9.17, 15) is 0 Å². The molecule has 0 fully saturated rings. The Morgan fingerprint density at radius 1 is 1.40 bits per heavy atom. The second-order valence-corrected chi connectivity index (χ2v) is 2.63. The first kappa shape index (κ1) is 5.92. The lowest BCUT2D eigenvalue weighted by Crippen LogP contribution is -2.13. The molecule has 1 heterocycles. The second kappa shape index (κ2) is 2.09. The van der Waals surface area contributed by atoms with E-state index in [0.29, 0.717) is 6.54 Å². The van der Waals surface area contributed by atoms with Crippen molar-refractivity contribution in [3.63, 3.8) is 0 Å². The van der Waals surface area contributed by atoms with Crippen molar-refractivity contribution in [2.45, 2.75) is 19.3 Å². The first-order chi connectivity index (χ1) is 4.92. The summed E-state index contributed by atoms with van der Waals surface area (Å²) in [7, 11) is 0. The smallest absolute Gasteiger partial charge is 0.0817 e. The monoisotopic (exact) mass is 136 g/mol. The van der Waals surface area contributed by atoms with Crippen LogP contribution in [0.25, 0.3) is 0 Å². The Labute approximate surface area is 60.0 Å². The van der Waals surface area contributed by atoms with Crippen molar-refractivity contribution in [3.05, 3.63) is 11.3 Å². The number of nitrogens with two attached hydrogens (primary N) is 1. The fraction of sp³-hybridized carbons (Fsp3) is 0.571. The molecule has 0 atom stereocenters. The maximum Gasteiger partial charge on any atom is 0.0817 e. The van der Waals surface area contributed by atoms with Crippen molar-refractivity contribution in [2.75, 3.05) is 6.54 Å². The van der Waals surface area contributed by atoms with Crippen LogP contribution in [0, 0.1) is 0 Å². The molecule has 1 aliphatic heterocycles. The van der Waals surface area contributed by atoms with Crippen LogP contribution in [0.2, 0.25) is 0 Å². The Hall–Kier alpha value is -0.830. The van der Waals surface area contributed by atoms with Crippen molar-refractivity contribution in [1.29, 1.82) is 0 Å². The summed E-state index contributed by atoms with van der Waals surface area (Å²) in [5.41, 5.74) is 13.0. The highest BCUT2D eigenvalue weighted by molar-refractivity contribution is 6.03. The molecule has 0 spiro atoms. The molecule has 0 aromatic heterocycles. The molecular weight excluding hydrogens is 126 g/mol. The van der Waals surface area contributed by atoms with Crippen LogP contribution in [0.15, 0.2) is 16.4 Å². The van der Waals surface area contributed by atoms with Crippen molar-refractivity contribution >= 4 is 5.71 Å². The maximum atomic E-state index is 5.46. The van der Waals surface area contributed by atoms with Gasteiger partial charge in [0.1, 0.15) is 0 Å². The molecule has 2 rings (SSSR count). The first-order valence-corrected chi connectivity index (χ1v) is 3.62. The van der Waals surface area contributed by atoms with Crippen LogP contribution in [-0.2, 0) is 0 Å². The zero-order valence-electron chi connectivity index (χ0n) is 5.80. The van der Waals surface area contributed by atoms with Gasteiger partial charge >= 0.3 is 0 Å². The van der Waals surface area contributed by atoms with Crippen molar-refractivity contribution < 1.29 is 0 Å². The number of rotatable bonds is 1. The summed E-state index contributed by atoms with van der Waals surface area (Å²) < 4.78 is 0. The minimum Gasteiger partial charge on any atom is -0.325 e. The van der Waals surface area contributed by atoms with Crippen LogP contribution in [0.3, 0.4) is 0 Å². The van der Waals surface area contributed by atoms with Crippen LogP contribution in [0.4, 0.5) is 0 Å². The highest BCUT2D eigenvalue weighted by Crippen LogP contribution is 2.28. The first-order valence-electron chi connectivity index (χ1n) is 3.62. The zero-order chi connectivity index (χ0) is 6.97. The third kappa shape index (κ3) is 0.671. The maximum absolute atomic E-state index is 5.46.